The second-order valence-electron chi connectivity index (χ2n) is 7.21. The molecule has 0 radical (unpaired) electrons. The van der Waals surface area contributed by atoms with Crippen LogP contribution in [0.4, 0.5) is 0 Å². The Hall–Kier alpha value is -2.74. The van der Waals surface area contributed by atoms with Gasteiger partial charge in [0.05, 0.1) is 17.1 Å². The number of hydrogen-bond donors (Lipinski definition) is 0. The smallest absolute Gasteiger partial charge is 0.0991 e. The minimum absolute atomic E-state index is 0.726. The number of hydrogen-bond acceptors (Lipinski definition) is 4. The van der Waals surface area contributed by atoms with Gasteiger partial charge >= 0.3 is 0 Å². The molecule has 0 aliphatic carbocycles. The lowest BCUT2D eigenvalue weighted by Crippen LogP contribution is -2.30. The highest BCUT2D eigenvalue weighted by Gasteiger charge is 2.16. The van der Waals surface area contributed by atoms with Crippen LogP contribution < -0.4 is 0 Å². The van der Waals surface area contributed by atoms with Crippen LogP contribution >= 0.6 is 0 Å². The molecule has 4 nitrogen and oxygen atoms in total. The maximum absolute atomic E-state index is 8.93. The molecule has 0 atom stereocenters. The molecule has 2 aromatic carbocycles. The third-order valence-electron chi connectivity index (χ3n) is 5.28. The summed E-state index contributed by atoms with van der Waals surface area (Å²) in [7, 11) is 0. The molecule has 1 fully saturated rings. The van der Waals surface area contributed by atoms with Crippen molar-refractivity contribution in [1.29, 1.82) is 5.26 Å². The first-order chi connectivity index (χ1) is 13.3. The van der Waals surface area contributed by atoms with Crippen molar-refractivity contribution in [2.75, 3.05) is 26.2 Å². The molecule has 2 heterocycles. The van der Waals surface area contributed by atoms with Crippen molar-refractivity contribution in [3.63, 3.8) is 0 Å². The van der Waals surface area contributed by atoms with Crippen molar-refractivity contribution >= 4 is 10.9 Å². The van der Waals surface area contributed by atoms with Gasteiger partial charge in [-0.2, -0.15) is 5.26 Å². The number of rotatable bonds is 4. The van der Waals surface area contributed by atoms with E-state index < -0.39 is 0 Å². The van der Waals surface area contributed by atoms with E-state index in [1.807, 2.05) is 24.4 Å². The molecule has 0 N–H and O–H groups in total. The van der Waals surface area contributed by atoms with E-state index in [0.29, 0.717) is 0 Å². The minimum atomic E-state index is 0.726. The van der Waals surface area contributed by atoms with Gasteiger partial charge in [-0.05, 0) is 48.8 Å². The van der Waals surface area contributed by atoms with Gasteiger partial charge in [0.15, 0.2) is 0 Å². The summed E-state index contributed by atoms with van der Waals surface area (Å²) in [6.07, 6.45) is 3.06. The summed E-state index contributed by atoms with van der Waals surface area (Å²) in [6.45, 7) is 6.28. The first-order valence-corrected chi connectivity index (χ1v) is 9.58. The summed E-state index contributed by atoms with van der Waals surface area (Å²) in [5.41, 5.74) is 4.44. The van der Waals surface area contributed by atoms with Crippen LogP contribution in [0.25, 0.3) is 10.9 Å². The van der Waals surface area contributed by atoms with Gasteiger partial charge in [-0.25, -0.2) is 0 Å². The summed E-state index contributed by atoms with van der Waals surface area (Å²) in [6, 6.07) is 20.7. The number of para-hydroxylation sites is 1. The van der Waals surface area contributed by atoms with Gasteiger partial charge in [0.25, 0.3) is 0 Å². The third kappa shape index (κ3) is 4.33. The van der Waals surface area contributed by atoms with E-state index in [-0.39, 0.29) is 0 Å². The van der Waals surface area contributed by atoms with Crippen molar-refractivity contribution in [2.24, 2.45) is 0 Å². The molecular weight excluding hydrogens is 332 g/mol. The van der Waals surface area contributed by atoms with Crippen LogP contribution in [0.1, 0.15) is 23.1 Å². The molecule has 136 valence electrons. The molecule has 4 rings (SSSR count). The molecule has 0 bridgehead atoms. The van der Waals surface area contributed by atoms with E-state index in [2.05, 4.69) is 57.3 Å². The number of nitrogens with zero attached hydrogens (tertiary/aromatic N) is 4. The largest absolute Gasteiger partial charge is 0.298 e. The van der Waals surface area contributed by atoms with Crippen LogP contribution in [-0.2, 0) is 13.1 Å². The van der Waals surface area contributed by atoms with Gasteiger partial charge in [0, 0.05) is 37.8 Å². The first-order valence-electron chi connectivity index (χ1n) is 9.58. The van der Waals surface area contributed by atoms with Gasteiger partial charge in [0.2, 0.25) is 0 Å². The van der Waals surface area contributed by atoms with E-state index >= 15 is 0 Å². The SMILES string of the molecule is N#Cc1ccc(CN2CCCN(Cc3cccc4cccnc34)CC2)cc1. The average Bonchev–Trinajstić information content (AvgIpc) is 2.94. The van der Waals surface area contributed by atoms with Crippen LogP contribution in [0.15, 0.2) is 60.8 Å². The predicted molar refractivity (Wildman–Crippen MR) is 108 cm³/mol. The molecule has 0 spiro atoms. The second kappa shape index (κ2) is 8.30. The van der Waals surface area contributed by atoms with E-state index in [9.17, 15) is 0 Å². The first kappa shape index (κ1) is 17.7. The Morgan fingerprint density at radius 1 is 0.852 bits per heavy atom. The van der Waals surface area contributed by atoms with Crippen molar-refractivity contribution in [1.82, 2.24) is 14.8 Å². The van der Waals surface area contributed by atoms with Crippen molar-refractivity contribution in [3.8, 4) is 6.07 Å². The van der Waals surface area contributed by atoms with Crippen LogP contribution in [0.3, 0.4) is 0 Å². The molecule has 3 aromatic rings. The van der Waals surface area contributed by atoms with Crippen LogP contribution in [-0.4, -0.2) is 41.0 Å². The fraction of sp³-hybridized carbons (Fsp3) is 0.304. The Labute approximate surface area is 160 Å². The van der Waals surface area contributed by atoms with Gasteiger partial charge < -0.3 is 0 Å². The number of pyridine rings is 1. The lowest BCUT2D eigenvalue weighted by atomic mass is 10.1. The molecule has 0 amide bonds. The Kier molecular flexibility index (Phi) is 5.43. The van der Waals surface area contributed by atoms with Crippen LogP contribution in [0, 0.1) is 11.3 Å². The average molecular weight is 356 g/mol. The van der Waals surface area contributed by atoms with Gasteiger partial charge in [-0.1, -0.05) is 36.4 Å². The summed E-state index contributed by atoms with van der Waals surface area (Å²) in [5, 5.41) is 10.1. The van der Waals surface area contributed by atoms with Crippen molar-refractivity contribution in [3.05, 3.63) is 77.5 Å². The zero-order chi connectivity index (χ0) is 18.5. The van der Waals surface area contributed by atoms with Crippen molar-refractivity contribution in [2.45, 2.75) is 19.5 Å². The highest BCUT2D eigenvalue weighted by atomic mass is 15.2. The van der Waals surface area contributed by atoms with Crippen molar-refractivity contribution < 1.29 is 0 Å². The quantitative estimate of drug-likeness (QED) is 0.713. The standard InChI is InChI=1S/C23H24N4/c24-16-19-7-9-20(10-8-19)17-26-12-3-13-27(15-14-26)18-22-5-1-4-21-6-2-11-25-23(21)22/h1-2,4-11H,3,12-15,17-18H2. The van der Waals surface area contributed by atoms with E-state index in [4.69, 9.17) is 5.26 Å². The summed E-state index contributed by atoms with van der Waals surface area (Å²) < 4.78 is 0. The zero-order valence-electron chi connectivity index (χ0n) is 15.5. The summed E-state index contributed by atoms with van der Waals surface area (Å²) in [5.74, 6) is 0. The minimum Gasteiger partial charge on any atom is -0.298 e. The number of aromatic nitrogens is 1. The Morgan fingerprint density at radius 3 is 2.37 bits per heavy atom. The fourth-order valence-corrected chi connectivity index (χ4v) is 3.82. The number of fused-ring (bicyclic) bond motifs is 1. The summed E-state index contributed by atoms with van der Waals surface area (Å²) >= 11 is 0. The van der Waals surface area contributed by atoms with Crippen LogP contribution in [0.5, 0.6) is 0 Å². The maximum Gasteiger partial charge on any atom is 0.0991 e. The Morgan fingerprint density at radius 2 is 1.59 bits per heavy atom. The molecule has 4 heteroatoms. The van der Waals surface area contributed by atoms with Gasteiger partial charge in [-0.15, -0.1) is 0 Å². The maximum atomic E-state index is 8.93. The monoisotopic (exact) mass is 356 g/mol. The molecule has 0 saturated carbocycles. The highest BCUT2D eigenvalue weighted by molar-refractivity contribution is 5.81. The van der Waals surface area contributed by atoms with Crippen LogP contribution in [0.2, 0.25) is 0 Å². The van der Waals surface area contributed by atoms with E-state index in [1.54, 1.807) is 0 Å². The lowest BCUT2D eigenvalue weighted by molar-refractivity contribution is 0.247. The number of benzene rings is 2. The predicted octanol–water partition coefficient (Wildman–Crippen LogP) is 3.81. The Bertz CT molecular complexity index is 937. The lowest BCUT2D eigenvalue weighted by Gasteiger charge is -2.22. The molecule has 1 aliphatic rings. The molecule has 27 heavy (non-hydrogen) atoms. The topological polar surface area (TPSA) is 43.2 Å². The fourth-order valence-electron chi connectivity index (χ4n) is 3.82. The van der Waals surface area contributed by atoms with Gasteiger partial charge in [-0.3, -0.25) is 14.8 Å². The highest BCUT2D eigenvalue weighted by Crippen LogP contribution is 2.19. The molecule has 1 aromatic heterocycles. The zero-order valence-corrected chi connectivity index (χ0v) is 15.5. The van der Waals surface area contributed by atoms with E-state index in [0.717, 1.165) is 50.3 Å². The molecule has 1 saturated heterocycles. The summed E-state index contributed by atoms with van der Waals surface area (Å²) in [4.78, 5) is 9.66. The molecule has 1 aliphatic heterocycles. The second-order valence-corrected chi connectivity index (χ2v) is 7.21. The Balaban J connectivity index is 1.38. The third-order valence-corrected chi connectivity index (χ3v) is 5.28. The van der Waals surface area contributed by atoms with Gasteiger partial charge in [0.1, 0.15) is 0 Å². The molecular formula is C23H24N4. The molecule has 0 unspecified atom stereocenters. The normalized spacial score (nSPS) is 16.1. The number of nitriles is 1. The van der Waals surface area contributed by atoms with E-state index in [1.165, 1.54) is 22.9 Å².